The molecular formula is C23H25N5O2S. The summed E-state index contributed by atoms with van der Waals surface area (Å²) < 4.78 is 3.51. The molecule has 1 N–H and O–H groups in total. The Hall–Kier alpha value is -3.13. The van der Waals surface area contributed by atoms with Gasteiger partial charge < -0.3 is 9.88 Å². The number of pyridine rings is 2. The first-order chi connectivity index (χ1) is 15.0. The van der Waals surface area contributed by atoms with Crippen LogP contribution < -0.4 is 10.9 Å². The number of hydrogen-bond donors (Lipinski definition) is 1. The monoisotopic (exact) mass is 435 g/mol. The molecule has 0 aliphatic heterocycles. The Morgan fingerprint density at radius 3 is 2.58 bits per heavy atom. The Morgan fingerprint density at radius 2 is 1.84 bits per heavy atom. The van der Waals surface area contributed by atoms with Crippen molar-refractivity contribution < 1.29 is 4.79 Å². The van der Waals surface area contributed by atoms with E-state index in [9.17, 15) is 9.59 Å². The van der Waals surface area contributed by atoms with Gasteiger partial charge in [-0.25, -0.2) is 0 Å². The summed E-state index contributed by atoms with van der Waals surface area (Å²) in [7, 11) is 0. The smallest absolute Gasteiger partial charge is 0.258 e. The molecule has 3 heterocycles. The topological polar surface area (TPSA) is 81.3 Å². The molecule has 0 spiro atoms. The summed E-state index contributed by atoms with van der Waals surface area (Å²) in [5.74, 6) is 1.32. The van der Waals surface area contributed by atoms with E-state index in [0.717, 1.165) is 11.4 Å². The SMILES string of the molecule is CSCC[C@H](NC(=O)c1cn(C(C)C)c(=O)c2ccccc12)c1nnc2ccccn12. The van der Waals surface area contributed by atoms with Crippen molar-refractivity contribution in [2.75, 3.05) is 12.0 Å². The maximum Gasteiger partial charge on any atom is 0.258 e. The van der Waals surface area contributed by atoms with Crippen molar-refractivity contribution in [2.45, 2.75) is 32.4 Å². The lowest BCUT2D eigenvalue weighted by Gasteiger charge is -2.19. The number of nitrogens with one attached hydrogen (secondary N) is 1. The van der Waals surface area contributed by atoms with Gasteiger partial charge in [-0.2, -0.15) is 11.8 Å². The molecule has 0 saturated heterocycles. The fourth-order valence-electron chi connectivity index (χ4n) is 3.71. The molecule has 1 amide bonds. The third kappa shape index (κ3) is 4.07. The van der Waals surface area contributed by atoms with Gasteiger partial charge in [-0.15, -0.1) is 10.2 Å². The summed E-state index contributed by atoms with van der Waals surface area (Å²) in [5, 5.41) is 12.9. The lowest BCUT2D eigenvalue weighted by molar-refractivity contribution is 0.0934. The molecular weight excluding hydrogens is 410 g/mol. The van der Waals surface area contributed by atoms with Gasteiger partial charge in [0, 0.05) is 29.2 Å². The zero-order chi connectivity index (χ0) is 22.0. The average Bonchev–Trinajstić information content (AvgIpc) is 3.21. The van der Waals surface area contributed by atoms with Gasteiger partial charge in [0.2, 0.25) is 0 Å². The Balaban J connectivity index is 1.77. The number of nitrogens with zero attached hydrogens (tertiary/aromatic N) is 4. The maximum absolute atomic E-state index is 13.5. The second-order valence-corrected chi connectivity index (χ2v) is 8.67. The van der Waals surface area contributed by atoms with Crippen LogP contribution in [0, 0.1) is 0 Å². The van der Waals surface area contributed by atoms with Crippen LogP contribution in [0.4, 0.5) is 0 Å². The first-order valence-corrected chi connectivity index (χ1v) is 11.6. The van der Waals surface area contributed by atoms with Crippen molar-refractivity contribution in [3.05, 3.63) is 76.6 Å². The van der Waals surface area contributed by atoms with Crippen LogP contribution in [0.2, 0.25) is 0 Å². The van der Waals surface area contributed by atoms with Gasteiger partial charge in [0.15, 0.2) is 11.5 Å². The molecule has 4 aromatic rings. The van der Waals surface area contributed by atoms with Gasteiger partial charge >= 0.3 is 0 Å². The molecule has 8 heteroatoms. The van der Waals surface area contributed by atoms with Gasteiger partial charge in [0.05, 0.1) is 11.6 Å². The number of thioether (sulfide) groups is 1. The van der Waals surface area contributed by atoms with Gasteiger partial charge in [-0.1, -0.05) is 24.3 Å². The molecule has 0 fully saturated rings. The molecule has 4 rings (SSSR count). The molecule has 1 aromatic carbocycles. The quantitative estimate of drug-likeness (QED) is 0.477. The molecule has 31 heavy (non-hydrogen) atoms. The summed E-state index contributed by atoms with van der Waals surface area (Å²) in [6.07, 6.45) is 6.31. The second-order valence-electron chi connectivity index (χ2n) is 7.69. The van der Waals surface area contributed by atoms with E-state index in [4.69, 9.17) is 0 Å². The number of hydrogen-bond acceptors (Lipinski definition) is 5. The predicted octanol–water partition coefficient (Wildman–Crippen LogP) is 3.85. The van der Waals surface area contributed by atoms with Crippen molar-refractivity contribution in [1.29, 1.82) is 0 Å². The Bertz CT molecular complexity index is 1290. The van der Waals surface area contributed by atoms with Crippen LogP contribution in [-0.2, 0) is 0 Å². The minimum absolute atomic E-state index is 0.0589. The minimum Gasteiger partial charge on any atom is -0.342 e. The van der Waals surface area contributed by atoms with Crippen molar-refractivity contribution >= 4 is 34.1 Å². The highest BCUT2D eigenvalue weighted by atomic mass is 32.2. The van der Waals surface area contributed by atoms with E-state index in [0.29, 0.717) is 28.6 Å². The number of amides is 1. The van der Waals surface area contributed by atoms with Crippen LogP contribution in [-0.4, -0.2) is 37.1 Å². The molecule has 3 aromatic heterocycles. The van der Waals surface area contributed by atoms with Gasteiger partial charge in [0.25, 0.3) is 11.5 Å². The first kappa shape index (κ1) is 21.1. The van der Waals surface area contributed by atoms with Crippen molar-refractivity contribution in [3.63, 3.8) is 0 Å². The third-order valence-electron chi connectivity index (χ3n) is 5.32. The van der Waals surface area contributed by atoms with E-state index in [-0.39, 0.29) is 23.6 Å². The largest absolute Gasteiger partial charge is 0.342 e. The molecule has 160 valence electrons. The number of rotatable bonds is 7. The average molecular weight is 436 g/mol. The molecule has 0 saturated carbocycles. The molecule has 0 radical (unpaired) electrons. The Kier molecular flexibility index (Phi) is 6.08. The lowest BCUT2D eigenvalue weighted by atomic mass is 10.1. The zero-order valence-corrected chi connectivity index (χ0v) is 18.6. The van der Waals surface area contributed by atoms with E-state index in [1.807, 2.05) is 67.1 Å². The minimum atomic E-state index is -0.310. The first-order valence-electron chi connectivity index (χ1n) is 10.2. The predicted molar refractivity (Wildman–Crippen MR) is 125 cm³/mol. The molecule has 0 bridgehead atoms. The maximum atomic E-state index is 13.5. The van der Waals surface area contributed by atoms with Crippen LogP contribution in [0.25, 0.3) is 16.4 Å². The highest BCUT2D eigenvalue weighted by molar-refractivity contribution is 7.98. The summed E-state index contributed by atoms with van der Waals surface area (Å²) in [6.45, 7) is 3.86. The van der Waals surface area contributed by atoms with Crippen LogP contribution in [0.1, 0.15) is 48.5 Å². The van der Waals surface area contributed by atoms with Crippen LogP contribution in [0.15, 0.2) is 59.7 Å². The zero-order valence-electron chi connectivity index (χ0n) is 17.8. The summed E-state index contributed by atoms with van der Waals surface area (Å²) >= 11 is 1.71. The van der Waals surface area contributed by atoms with Crippen molar-refractivity contribution in [3.8, 4) is 0 Å². The van der Waals surface area contributed by atoms with Crippen LogP contribution >= 0.6 is 11.8 Å². The Morgan fingerprint density at radius 1 is 1.10 bits per heavy atom. The normalized spacial score (nSPS) is 12.5. The van der Waals surface area contributed by atoms with Crippen molar-refractivity contribution in [2.24, 2.45) is 0 Å². The molecule has 0 aliphatic carbocycles. The fraction of sp³-hybridized carbons (Fsp3) is 0.304. The van der Waals surface area contributed by atoms with E-state index in [1.165, 1.54) is 0 Å². The molecule has 1 atom stereocenters. The van der Waals surface area contributed by atoms with E-state index < -0.39 is 0 Å². The fourth-order valence-corrected chi connectivity index (χ4v) is 4.18. The van der Waals surface area contributed by atoms with Gasteiger partial charge in [-0.3, -0.25) is 14.0 Å². The van der Waals surface area contributed by atoms with E-state index in [2.05, 4.69) is 15.5 Å². The lowest BCUT2D eigenvalue weighted by Crippen LogP contribution is -2.32. The number of benzene rings is 1. The number of aromatic nitrogens is 4. The highest BCUT2D eigenvalue weighted by Crippen LogP contribution is 2.22. The third-order valence-corrected chi connectivity index (χ3v) is 5.96. The summed E-state index contributed by atoms with van der Waals surface area (Å²) in [5.41, 5.74) is 1.12. The number of carbonyl (C=O) groups excluding carboxylic acids is 1. The van der Waals surface area contributed by atoms with E-state index in [1.54, 1.807) is 28.6 Å². The standard InChI is InChI=1S/C23H25N5O2S/c1-15(2)28-14-18(16-8-4-5-9-17(16)23(28)30)22(29)24-19(11-13-31-3)21-26-25-20-10-6-7-12-27(20)21/h4-10,12,14-15,19H,11,13H2,1-3H3,(H,24,29)/t19-/m0/s1. The molecule has 0 unspecified atom stereocenters. The van der Waals surface area contributed by atoms with Gasteiger partial charge in [0.1, 0.15) is 0 Å². The molecule has 7 nitrogen and oxygen atoms in total. The van der Waals surface area contributed by atoms with E-state index >= 15 is 0 Å². The van der Waals surface area contributed by atoms with Gasteiger partial charge in [-0.05, 0) is 50.5 Å². The van der Waals surface area contributed by atoms with Crippen molar-refractivity contribution in [1.82, 2.24) is 24.5 Å². The number of carbonyl (C=O) groups is 1. The Labute approximate surface area is 184 Å². The second kappa shape index (κ2) is 8.93. The van der Waals surface area contributed by atoms with Crippen LogP contribution in [0.3, 0.4) is 0 Å². The summed E-state index contributed by atoms with van der Waals surface area (Å²) in [4.78, 5) is 26.3. The number of fused-ring (bicyclic) bond motifs is 2. The summed E-state index contributed by atoms with van der Waals surface area (Å²) in [6, 6.07) is 12.6. The highest BCUT2D eigenvalue weighted by Gasteiger charge is 2.23. The van der Waals surface area contributed by atoms with Crippen LogP contribution in [0.5, 0.6) is 0 Å². The molecule has 0 aliphatic rings.